The van der Waals surface area contributed by atoms with Crippen LogP contribution in [0.3, 0.4) is 0 Å². The fourth-order valence-electron chi connectivity index (χ4n) is 1.27. The Morgan fingerprint density at radius 3 is 2.12 bits per heavy atom. The Balaban J connectivity index is 2.79. The maximum atomic E-state index is 10.4. The van der Waals surface area contributed by atoms with Gasteiger partial charge < -0.3 is 25.2 Å². The predicted octanol–water partition coefficient (Wildman–Crippen LogP) is -3.39. The van der Waals surface area contributed by atoms with Gasteiger partial charge in [-0.15, -0.1) is 0 Å². The van der Waals surface area contributed by atoms with Crippen molar-refractivity contribution < 1.29 is 42.3 Å². The molecule has 5 N–H and O–H groups in total. The zero-order valence-electron chi connectivity index (χ0n) is 7.87. The highest BCUT2D eigenvalue weighted by Crippen LogP contribution is 2.22. The quantitative estimate of drug-likeness (QED) is 0.327. The van der Waals surface area contributed by atoms with Gasteiger partial charge in [0.1, 0.15) is 24.4 Å². The van der Waals surface area contributed by atoms with E-state index in [2.05, 4.69) is 8.92 Å². The molecule has 0 aromatic carbocycles. The average Bonchev–Trinajstić information content (AvgIpc) is 2.17. The number of rotatable bonds is 3. The Bertz CT molecular complexity index is 325. The largest absolute Gasteiger partial charge is 0.399 e. The van der Waals surface area contributed by atoms with E-state index in [1.807, 2.05) is 0 Å². The van der Waals surface area contributed by atoms with Crippen molar-refractivity contribution in [2.24, 2.45) is 0 Å². The predicted molar refractivity (Wildman–Crippen MR) is 46.4 cm³/mol. The molecule has 0 amide bonds. The van der Waals surface area contributed by atoms with Crippen molar-refractivity contribution >= 4 is 10.4 Å². The van der Waals surface area contributed by atoms with E-state index in [9.17, 15) is 23.7 Å². The van der Waals surface area contributed by atoms with Gasteiger partial charge in [0.05, 0.1) is 6.61 Å². The molecule has 1 heterocycles. The zero-order chi connectivity index (χ0) is 12.5. The van der Waals surface area contributed by atoms with Crippen molar-refractivity contribution in [3.63, 3.8) is 0 Å². The van der Waals surface area contributed by atoms with E-state index in [1.54, 1.807) is 0 Å². The van der Waals surface area contributed by atoms with Crippen molar-refractivity contribution in [2.45, 2.75) is 30.7 Å². The minimum atomic E-state index is -4.89. The lowest BCUT2D eigenvalue weighted by Gasteiger charge is -2.38. The van der Waals surface area contributed by atoms with E-state index in [0.717, 1.165) is 0 Å². The van der Waals surface area contributed by atoms with Crippen molar-refractivity contribution in [1.29, 1.82) is 0 Å². The fourth-order valence-corrected chi connectivity index (χ4v) is 1.67. The highest BCUT2D eigenvalue weighted by Gasteiger charge is 2.45. The topological polar surface area (TPSA) is 154 Å². The summed E-state index contributed by atoms with van der Waals surface area (Å²) >= 11 is 0. The number of aliphatic hydroxyl groups is 4. The van der Waals surface area contributed by atoms with Crippen molar-refractivity contribution in [1.82, 2.24) is 0 Å². The average molecular weight is 260 g/mol. The molecular weight excluding hydrogens is 248 g/mol. The van der Waals surface area contributed by atoms with Crippen LogP contribution >= 0.6 is 0 Å². The van der Waals surface area contributed by atoms with Gasteiger partial charge in [0.25, 0.3) is 0 Å². The second kappa shape index (κ2) is 4.89. The SMILES string of the molecule is O=S(=O)(O)O[C@@H]1O[C@@H](CO)[C@@H](O)[C@H](O)[C@H]1O. The zero-order valence-corrected chi connectivity index (χ0v) is 8.69. The molecule has 5 atom stereocenters. The molecule has 0 spiro atoms. The highest BCUT2D eigenvalue weighted by atomic mass is 32.3. The van der Waals surface area contributed by atoms with E-state index in [-0.39, 0.29) is 0 Å². The molecule has 0 bridgehead atoms. The van der Waals surface area contributed by atoms with Crippen LogP contribution in [0, 0.1) is 0 Å². The normalized spacial score (nSPS) is 40.9. The molecule has 10 heteroatoms. The first-order chi connectivity index (χ1) is 7.26. The summed E-state index contributed by atoms with van der Waals surface area (Å²) in [6.07, 6.45) is -8.46. The molecule has 0 saturated carbocycles. The van der Waals surface area contributed by atoms with Gasteiger partial charge >= 0.3 is 10.4 Å². The van der Waals surface area contributed by atoms with E-state index >= 15 is 0 Å². The van der Waals surface area contributed by atoms with Crippen LogP contribution in [0.5, 0.6) is 0 Å². The lowest BCUT2D eigenvalue weighted by molar-refractivity contribution is -0.277. The molecule has 1 saturated heterocycles. The molecule has 0 aliphatic carbocycles. The molecule has 0 aromatic heterocycles. The van der Waals surface area contributed by atoms with E-state index in [4.69, 9.17) is 9.66 Å². The van der Waals surface area contributed by atoms with Gasteiger partial charge in [-0.2, -0.15) is 8.42 Å². The maximum Gasteiger partial charge on any atom is 0.399 e. The van der Waals surface area contributed by atoms with Crippen LogP contribution in [-0.4, -0.2) is 70.7 Å². The Morgan fingerprint density at radius 2 is 1.69 bits per heavy atom. The second-order valence-corrected chi connectivity index (χ2v) is 4.27. The van der Waals surface area contributed by atoms with E-state index < -0.39 is 47.7 Å². The third kappa shape index (κ3) is 3.09. The Morgan fingerprint density at radius 1 is 1.12 bits per heavy atom. The summed E-state index contributed by atoms with van der Waals surface area (Å²) in [5.74, 6) is 0. The molecule has 1 rings (SSSR count). The van der Waals surface area contributed by atoms with Crippen LogP contribution in [-0.2, 0) is 19.3 Å². The fraction of sp³-hybridized carbons (Fsp3) is 1.00. The molecule has 0 unspecified atom stereocenters. The summed E-state index contributed by atoms with van der Waals surface area (Å²) in [5.41, 5.74) is 0. The van der Waals surface area contributed by atoms with E-state index in [0.29, 0.717) is 0 Å². The summed E-state index contributed by atoms with van der Waals surface area (Å²) in [4.78, 5) is 0. The Labute approximate surface area is 90.8 Å². The van der Waals surface area contributed by atoms with Gasteiger partial charge in [0, 0.05) is 0 Å². The van der Waals surface area contributed by atoms with Crippen LogP contribution in [0.4, 0.5) is 0 Å². The summed E-state index contributed by atoms with van der Waals surface area (Å²) in [6.45, 7) is -0.726. The molecule has 0 radical (unpaired) electrons. The third-order valence-corrected chi connectivity index (χ3v) is 2.50. The molecule has 96 valence electrons. The monoisotopic (exact) mass is 260 g/mol. The maximum absolute atomic E-state index is 10.4. The van der Waals surface area contributed by atoms with Crippen molar-refractivity contribution in [3.05, 3.63) is 0 Å². The van der Waals surface area contributed by atoms with Gasteiger partial charge in [-0.25, -0.2) is 4.18 Å². The molecule has 16 heavy (non-hydrogen) atoms. The van der Waals surface area contributed by atoms with Gasteiger partial charge in [0.2, 0.25) is 6.29 Å². The molecule has 1 fully saturated rings. The van der Waals surface area contributed by atoms with E-state index in [1.165, 1.54) is 0 Å². The van der Waals surface area contributed by atoms with Crippen LogP contribution in [0.15, 0.2) is 0 Å². The highest BCUT2D eigenvalue weighted by molar-refractivity contribution is 7.80. The van der Waals surface area contributed by atoms with Crippen LogP contribution in [0.2, 0.25) is 0 Å². The molecular formula is C6H12O9S. The number of hydrogen-bond acceptors (Lipinski definition) is 8. The van der Waals surface area contributed by atoms with Gasteiger partial charge in [0.15, 0.2) is 0 Å². The number of ether oxygens (including phenoxy) is 1. The van der Waals surface area contributed by atoms with Crippen LogP contribution in [0.25, 0.3) is 0 Å². The Hall–Kier alpha value is -0.330. The minimum Gasteiger partial charge on any atom is -0.394 e. The standard InChI is InChI=1S/C6H12O9S/c7-1-2-3(8)4(9)5(10)6(14-2)15-16(11,12)13/h2-10H,1H2,(H,11,12,13)/t2-,3+,4-,5+,6-/m0/s1. The lowest BCUT2D eigenvalue weighted by Crippen LogP contribution is -2.59. The first kappa shape index (κ1) is 13.7. The Kier molecular flexibility index (Phi) is 4.20. The lowest BCUT2D eigenvalue weighted by atomic mass is 10.00. The van der Waals surface area contributed by atoms with Gasteiger partial charge in [-0.3, -0.25) is 4.55 Å². The van der Waals surface area contributed by atoms with Crippen LogP contribution in [0.1, 0.15) is 0 Å². The number of aliphatic hydroxyl groups excluding tert-OH is 4. The molecule has 0 aromatic rings. The summed E-state index contributed by atoms with van der Waals surface area (Å²) in [6, 6.07) is 0. The van der Waals surface area contributed by atoms with Crippen molar-refractivity contribution in [3.8, 4) is 0 Å². The summed E-state index contributed by atoms with van der Waals surface area (Å²) in [5, 5.41) is 36.5. The summed E-state index contributed by atoms with van der Waals surface area (Å²) < 4.78 is 37.6. The first-order valence-corrected chi connectivity index (χ1v) is 5.59. The van der Waals surface area contributed by atoms with Gasteiger partial charge in [-0.05, 0) is 0 Å². The second-order valence-electron chi connectivity index (χ2n) is 3.22. The van der Waals surface area contributed by atoms with Gasteiger partial charge in [-0.1, -0.05) is 0 Å². The first-order valence-electron chi connectivity index (χ1n) is 4.22. The molecule has 1 aliphatic heterocycles. The minimum absolute atomic E-state index is 0.726. The summed E-state index contributed by atoms with van der Waals surface area (Å²) in [7, 11) is -4.89. The molecule has 1 aliphatic rings. The smallest absolute Gasteiger partial charge is 0.394 e. The number of hydrogen-bond donors (Lipinski definition) is 5. The molecule has 9 nitrogen and oxygen atoms in total. The van der Waals surface area contributed by atoms with Crippen LogP contribution < -0.4 is 0 Å². The third-order valence-electron chi connectivity index (χ3n) is 2.06. The van der Waals surface area contributed by atoms with Crippen molar-refractivity contribution in [2.75, 3.05) is 6.61 Å².